The minimum Gasteiger partial charge on any atom is -0.377 e. The number of rotatable bonds is 4. The Morgan fingerprint density at radius 3 is 2.83 bits per heavy atom. The topological polar surface area (TPSA) is 75.7 Å². The van der Waals surface area contributed by atoms with Crippen LogP contribution in [0.15, 0.2) is 30.3 Å². The molecular weight excluding hydrogens is 316 g/mol. The molecule has 2 heterocycles. The van der Waals surface area contributed by atoms with E-state index in [9.17, 15) is 13.2 Å². The van der Waals surface area contributed by atoms with Crippen molar-refractivity contribution >= 4 is 15.9 Å². The highest BCUT2D eigenvalue weighted by Gasteiger charge is 2.54. The first-order valence-corrected chi connectivity index (χ1v) is 9.44. The first-order valence-electron chi connectivity index (χ1n) is 7.83. The molecule has 2 atom stereocenters. The third-order valence-electron chi connectivity index (χ3n) is 4.85. The molecule has 0 unspecified atom stereocenters. The molecule has 1 N–H and O–H groups in total. The van der Waals surface area contributed by atoms with Gasteiger partial charge in [-0.25, -0.2) is 12.7 Å². The molecular formula is C16H22N2O4S. The summed E-state index contributed by atoms with van der Waals surface area (Å²) in [6, 6.07) is 9.12. The van der Waals surface area contributed by atoms with Gasteiger partial charge in [-0.3, -0.25) is 4.79 Å². The number of nitrogens with zero attached hydrogens (tertiary/aromatic N) is 1. The van der Waals surface area contributed by atoms with E-state index in [0.717, 1.165) is 5.56 Å². The van der Waals surface area contributed by atoms with E-state index < -0.39 is 15.4 Å². The van der Waals surface area contributed by atoms with Crippen LogP contribution in [0.3, 0.4) is 0 Å². The van der Waals surface area contributed by atoms with Gasteiger partial charge in [-0.2, -0.15) is 0 Å². The Balaban J connectivity index is 1.82. The lowest BCUT2D eigenvalue weighted by Crippen LogP contribution is -2.57. The van der Waals surface area contributed by atoms with Gasteiger partial charge in [0.15, 0.2) is 0 Å². The second kappa shape index (κ2) is 6.22. The van der Waals surface area contributed by atoms with Crippen LogP contribution in [0.2, 0.25) is 0 Å². The van der Waals surface area contributed by atoms with Gasteiger partial charge in [-0.1, -0.05) is 30.3 Å². The molecule has 126 valence electrons. The summed E-state index contributed by atoms with van der Waals surface area (Å²) in [6.45, 7) is 1.11. The number of amides is 1. The number of ether oxygens (including phenoxy) is 1. The highest BCUT2D eigenvalue weighted by molar-refractivity contribution is 7.88. The van der Waals surface area contributed by atoms with Crippen LogP contribution in [0.5, 0.6) is 0 Å². The largest absolute Gasteiger partial charge is 0.377 e. The summed E-state index contributed by atoms with van der Waals surface area (Å²) in [5.74, 6) is -0.164. The minimum atomic E-state index is -3.46. The fourth-order valence-electron chi connectivity index (χ4n) is 3.59. The van der Waals surface area contributed by atoms with Gasteiger partial charge in [0.2, 0.25) is 15.9 Å². The smallest absolute Gasteiger partial charge is 0.230 e. The van der Waals surface area contributed by atoms with Crippen molar-refractivity contribution < 1.29 is 17.9 Å². The molecule has 0 bridgehead atoms. The lowest BCUT2D eigenvalue weighted by atomic mass is 9.76. The van der Waals surface area contributed by atoms with Crippen LogP contribution in [0.4, 0.5) is 0 Å². The number of sulfonamides is 1. The molecule has 2 aliphatic heterocycles. The predicted molar refractivity (Wildman–Crippen MR) is 86.1 cm³/mol. The van der Waals surface area contributed by atoms with Gasteiger partial charge in [0.25, 0.3) is 0 Å². The Labute approximate surface area is 136 Å². The monoisotopic (exact) mass is 338 g/mol. The number of benzene rings is 1. The summed E-state index contributed by atoms with van der Waals surface area (Å²) in [5.41, 5.74) is 0.00261. The Hall–Kier alpha value is -1.44. The molecule has 0 spiro atoms. The maximum Gasteiger partial charge on any atom is 0.230 e. The van der Waals surface area contributed by atoms with Gasteiger partial charge in [-0.15, -0.1) is 0 Å². The normalized spacial score (nSPS) is 28.3. The average molecular weight is 338 g/mol. The third kappa shape index (κ3) is 3.00. The number of nitrogens with one attached hydrogen (secondary N) is 1. The molecule has 0 aromatic heterocycles. The zero-order valence-corrected chi connectivity index (χ0v) is 14.0. The highest BCUT2D eigenvalue weighted by atomic mass is 32.2. The fourth-order valence-corrected chi connectivity index (χ4v) is 5.20. The van der Waals surface area contributed by atoms with E-state index in [4.69, 9.17) is 4.74 Å². The number of carbonyl (C=O) groups excluding carboxylic acids is 1. The van der Waals surface area contributed by atoms with E-state index in [2.05, 4.69) is 5.32 Å². The molecule has 3 rings (SSSR count). The molecule has 0 saturated carbocycles. The van der Waals surface area contributed by atoms with E-state index in [1.165, 1.54) is 4.31 Å². The molecule has 1 amide bonds. The number of fused-ring (bicyclic) bond motifs is 1. The van der Waals surface area contributed by atoms with Crippen molar-refractivity contribution in [1.29, 1.82) is 0 Å². The molecule has 1 aromatic rings. The number of carbonyl (C=O) groups is 1. The maximum absolute atomic E-state index is 12.8. The summed E-state index contributed by atoms with van der Waals surface area (Å²) in [4.78, 5) is 12.4. The van der Waals surface area contributed by atoms with E-state index in [1.807, 2.05) is 18.2 Å². The van der Waals surface area contributed by atoms with Crippen LogP contribution in [0.1, 0.15) is 18.4 Å². The van der Waals surface area contributed by atoms with E-state index in [1.54, 1.807) is 19.2 Å². The molecule has 2 saturated heterocycles. The van der Waals surface area contributed by atoms with Crippen molar-refractivity contribution in [2.45, 2.75) is 24.7 Å². The lowest BCUT2D eigenvalue weighted by Gasteiger charge is -2.41. The third-order valence-corrected chi connectivity index (χ3v) is 6.64. The Morgan fingerprint density at radius 1 is 1.39 bits per heavy atom. The summed E-state index contributed by atoms with van der Waals surface area (Å²) in [5, 5.41) is 2.68. The van der Waals surface area contributed by atoms with Crippen LogP contribution < -0.4 is 5.32 Å². The first-order chi connectivity index (χ1) is 11.0. The van der Waals surface area contributed by atoms with Crippen LogP contribution in [0.25, 0.3) is 0 Å². The summed E-state index contributed by atoms with van der Waals surface area (Å²) in [7, 11) is -1.87. The molecule has 7 heteroatoms. The second-order valence-electron chi connectivity index (χ2n) is 6.21. The van der Waals surface area contributed by atoms with Crippen molar-refractivity contribution in [3.8, 4) is 0 Å². The molecule has 2 aliphatic rings. The van der Waals surface area contributed by atoms with Crippen LogP contribution >= 0.6 is 0 Å². The zero-order chi connectivity index (χ0) is 16.5. The minimum absolute atomic E-state index is 0.0385. The van der Waals surface area contributed by atoms with Crippen LogP contribution in [-0.4, -0.2) is 51.5 Å². The van der Waals surface area contributed by atoms with Gasteiger partial charge in [0.05, 0.1) is 17.3 Å². The first kappa shape index (κ1) is 16.4. The van der Waals surface area contributed by atoms with Crippen molar-refractivity contribution in [1.82, 2.24) is 9.62 Å². The summed E-state index contributed by atoms with van der Waals surface area (Å²) in [6.07, 6.45) is 0.932. The van der Waals surface area contributed by atoms with Crippen LogP contribution in [0, 0.1) is 5.41 Å². The van der Waals surface area contributed by atoms with Gasteiger partial charge in [-0.05, 0) is 18.4 Å². The van der Waals surface area contributed by atoms with Gasteiger partial charge in [0, 0.05) is 26.7 Å². The van der Waals surface area contributed by atoms with Crippen molar-refractivity contribution in [3.05, 3.63) is 35.9 Å². The van der Waals surface area contributed by atoms with Crippen LogP contribution in [-0.2, 0) is 25.3 Å². The van der Waals surface area contributed by atoms with Gasteiger partial charge < -0.3 is 10.1 Å². The van der Waals surface area contributed by atoms with Crippen molar-refractivity contribution in [3.63, 3.8) is 0 Å². The van der Waals surface area contributed by atoms with Gasteiger partial charge >= 0.3 is 0 Å². The Kier molecular flexibility index (Phi) is 4.44. The second-order valence-corrected chi connectivity index (χ2v) is 8.18. The highest BCUT2D eigenvalue weighted by Crippen LogP contribution is 2.42. The fraction of sp³-hybridized carbons (Fsp3) is 0.562. The van der Waals surface area contributed by atoms with E-state index >= 15 is 0 Å². The molecule has 23 heavy (non-hydrogen) atoms. The number of piperidine rings is 1. The van der Waals surface area contributed by atoms with Gasteiger partial charge in [0.1, 0.15) is 0 Å². The standard InChI is InChI=1S/C16H22N2O4S/c1-17-15(19)16-8-10-22-14(16)7-9-18(12-16)23(20,21)11-13-5-3-2-4-6-13/h2-6,14H,7-12H2,1H3,(H,17,19)/t14-,16-/m0/s1. The van der Waals surface area contributed by atoms with Crippen molar-refractivity contribution in [2.24, 2.45) is 5.41 Å². The zero-order valence-electron chi connectivity index (χ0n) is 13.2. The Morgan fingerprint density at radius 2 is 2.13 bits per heavy atom. The maximum atomic E-state index is 12.8. The van der Waals surface area contributed by atoms with E-state index in [-0.39, 0.29) is 24.3 Å². The number of hydrogen-bond acceptors (Lipinski definition) is 4. The summed E-state index contributed by atoms with van der Waals surface area (Å²) >= 11 is 0. The van der Waals surface area contributed by atoms with E-state index in [0.29, 0.717) is 26.0 Å². The SMILES string of the molecule is CNC(=O)[C@]12CCO[C@H]1CCN(S(=O)(=O)Cc1ccccc1)C2. The Bertz CT molecular complexity index is 677. The molecule has 2 fully saturated rings. The predicted octanol–water partition coefficient (Wildman–Crippen LogP) is 0.743. The molecule has 1 aromatic carbocycles. The molecule has 6 nitrogen and oxygen atoms in total. The number of hydrogen-bond donors (Lipinski definition) is 1. The molecule has 0 aliphatic carbocycles. The average Bonchev–Trinajstić information content (AvgIpc) is 2.98. The lowest BCUT2D eigenvalue weighted by molar-refractivity contribution is -0.136. The quantitative estimate of drug-likeness (QED) is 0.879. The van der Waals surface area contributed by atoms with Crippen molar-refractivity contribution in [2.75, 3.05) is 26.7 Å². The summed E-state index contributed by atoms with van der Waals surface area (Å²) < 4.78 is 32.6. The molecule has 0 radical (unpaired) electrons.